The minimum atomic E-state index is -0.244. The third-order valence-corrected chi connectivity index (χ3v) is 2.77. The SMILES string of the molecule is CCN=C(C(=O)c1ccc(O)cc1)c1cnccc1N. The van der Waals surface area contributed by atoms with Gasteiger partial charge in [-0.2, -0.15) is 0 Å². The van der Waals surface area contributed by atoms with E-state index in [9.17, 15) is 9.90 Å². The van der Waals surface area contributed by atoms with Crippen LogP contribution in [0.15, 0.2) is 47.7 Å². The lowest BCUT2D eigenvalue weighted by molar-refractivity contribution is 0.106. The Balaban J connectivity index is 2.45. The number of ketones is 1. The second kappa shape index (κ2) is 5.97. The van der Waals surface area contributed by atoms with E-state index >= 15 is 0 Å². The molecule has 0 aliphatic rings. The van der Waals surface area contributed by atoms with Gasteiger partial charge >= 0.3 is 0 Å². The first-order valence-electron chi connectivity index (χ1n) is 6.21. The number of Topliss-reactive ketones (excluding diaryl/α,β-unsaturated/α-hetero) is 1. The molecule has 0 radical (unpaired) electrons. The first kappa shape index (κ1) is 13.7. The summed E-state index contributed by atoms with van der Waals surface area (Å²) in [5.41, 5.74) is 7.58. The molecule has 0 spiro atoms. The van der Waals surface area contributed by atoms with E-state index < -0.39 is 0 Å². The van der Waals surface area contributed by atoms with E-state index in [0.29, 0.717) is 23.4 Å². The number of aliphatic imine (C=N–C) groups is 1. The Morgan fingerprint density at radius 2 is 2.00 bits per heavy atom. The molecule has 0 fully saturated rings. The maximum absolute atomic E-state index is 12.5. The van der Waals surface area contributed by atoms with Crippen LogP contribution in [0.5, 0.6) is 5.75 Å². The summed E-state index contributed by atoms with van der Waals surface area (Å²) in [7, 11) is 0. The second-order valence-electron chi connectivity index (χ2n) is 4.16. The molecule has 0 atom stereocenters. The summed E-state index contributed by atoms with van der Waals surface area (Å²) >= 11 is 0. The summed E-state index contributed by atoms with van der Waals surface area (Å²) in [4.78, 5) is 20.7. The summed E-state index contributed by atoms with van der Waals surface area (Å²) in [6.45, 7) is 2.31. The first-order valence-corrected chi connectivity index (χ1v) is 6.21. The highest BCUT2D eigenvalue weighted by molar-refractivity contribution is 6.52. The van der Waals surface area contributed by atoms with Crippen molar-refractivity contribution in [3.05, 3.63) is 53.9 Å². The minimum absolute atomic E-state index is 0.108. The van der Waals surface area contributed by atoms with Gasteiger partial charge in [-0.3, -0.25) is 14.8 Å². The maximum atomic E-state index is 12.5. The van der Waals surface area contributed by atoms with Gasteiger partial charge in [-0.05, 0) is 37.3 Å². The monoisotopic (exact) mass is 269 g/mol. The van der Waals surface area contributed by atoms with Crippen molar-refractivity contribution in [3.63, 3.8) is 0 Å². The molecule has 5 nitrogen and oxygen atoms in total. The maximum Gasteiger partial charge on any atom is 0.211 e. The average molecular weight is 269 g/mol. The second-order valence-corrected chi connectivity index (χ2v) is 4.16. The molecule has 20 heavy (non-hydrogen) atoms. The molecule has 0 saturated heterocycles. The zero-order valence-electron chi connectivity index (χ0n) is 11.1. The first-order chi connectivity index (χ1) is 9.63. The number of hydrogen-bond acceptors (Lipinski definition) is 5. The molecular weight excluding hydrogens is 254 g/mol. The quantitative estimate of drug-likeness (QED) is 0.656. The number of benzene rings is 1. The average Bonchev–Trinajstić information content (AvgIpc) is 2.46. The van der Waals surface area contributed by atoms with Crippen LogP contribution in [0.4, 0.5) is 5.69 Å². The Morgan fingerprint density at radius 1 is 1.30 bits per heavy atom. The summed E-state index contributed by atoms with van der Waals surface area (Å²) in [6.07, 6.45) is 3.09. The van der Waals surface area contributed by atoms with Gasteiger partial charge in [0, 0.05) is 35.8 Å². The van der Waals surface area contributed by atoms with Crippen LogP contribution in [0, 0.1) is 0 Å². The largest absolute Gasteiger partial charge is 0.508 e. The van der Waals surface area contributed by atoms with Crippen molar-refractivity contribution in [2.75, 3.05) is 12.3 Å². The van der Waals surface area contributed by atoms with Crippen LogP contribution in [0.25, 0.3) is 0 Å². The Bertz CT molecular complexity index is 648. The molecule has 102 valence electrons. The number of phenols is 1. The van der Waals surface area contributed by atoms with Gasteiger partial charge in [0.05, 0.1) is 0 Å². The third kappa shape index (κ3) is 2.83. The minimum Gasteiger partial charge on any atom is -0.508 e. The van der Waals surface area contributed by atoms with E-state index in [2.05, 4.69) is 9.98 Å². The molecule has 1 aromatic heterocycles. The molecule has 5 heteroatoms. The van der Waals surface area contributed by atoms with Gasteiger partial charge < -0.3 is 10.8 Å². The molecular formula is C15H15N3O2. The van der Waals surface area contributed by atoms with Crippen molar-refractivity contribution in [1.29, 1.82) is 0 Å². The van der Waals surface area contributed by atoms with E-state index in [1.54, 1.807) is 24.4 Å². The van der Waals surface area contributed by atoms with Gasteiger partial charge in [0.2, 0.25) is 5.78 Å². The molecule has 3 N–H and O–H groups in total. The predicted molar refractivity (Wildman–Crippen MR) is 78.2 cm³/mol. The van der Waals surface area contributed by atoms with Gasteiger partial charge in [0.15, 0.2) is 0 Å². The van der Waals surface area contributed by atoms with Crippen LogP contribution in [-0.2, 0) is 0 Å². The Labute approximate surface area is 116 Å². The molecule has 0 amide bonds. The van der Waals surface area contributed by atoms with Gasteiger partial charge in [0.1, 0.15) is 11.5 Å². The summed E-state index contributed by atoms with van der Waals surface area (Å²) < 4.78 is 0. The van der Waals surface area contributed by atoms with Gasteiger partial charge in [-0.25, -0.2) is 0 Å². The number of carbonyl (C=O) groups is 1. The van der Waals surface area contributed by atoms with Gasteiger partial charge in [-0.1, -0.05) is 0 Å². The number of phenolic OH excluding ortho intramolecular Hbond substituents is 1. The summed E-state index contributed by atoms with van der Waals surface area (Å²) in [5.74, 6) is -0.136. The van der Waals surface area contributed by atoms with Crippen LogP contribution in [0.1, 0.15) is 22.8 Å². The molecule has 1 aromatic carbocycles. The van der Waals surface area contributed by atoms with Crippen LogP contribution < -0.4 is 5.73 Å². The van der Waals surface area contributed by atoms with Gasteiger partial charge in [-0.15, -0.1) is 0 Å². The Morgan fingerprint density at radius 3 is 2.60 bits per heavy atom. The van der Waals surface area contributed by atoms with E-state index in [1.807, 2.05) is 6.92 Å². The van der Waals surface area contributed by atoms with Crippen molar-refractivity contribution < 1.29 is 9.90 Å². The summed E-state index contributed by atoms with van der Waals surface area (Å²) in [6, 6.07) is 7.65. The van der Waals surface area contributed by atoms with E-state index in [0.717, 1.165) is 0 Å². The number of nitrogens with two attached hydrogens (primary N) is 1. The number of aromatic nitrogens is 1. The van der Waals surface area contributed by atoms with Crippen molar-refractivity contribution in [1.82, 2.24) is 4.98 Å². The standard InChI is InChI=1S/C15H15N3O2/c1-2-18-14(12-9-17-8-7-13(12)16)15(20)10-3-5-11(19)6-4-10/h3-9,19H,2H2,1H3,(H2,16,17). The lowest BCUT2D eigenvalue weighted by Crippen LogP contribution is -2.18. The van der Waals surface area contributed by atoms with Gasteiger partial charge in [0.25, 0.3) is 0 Å². The fourth-order valence-electron chi connectivity index (χ4n) is 1.79. The normalized spacial score (nSPS) is 11.3. The molecule has 0 aliphatic heterocycles. The van der Waals surface area contributed by atoms with Crippen molar-refractivity contribution in [2.24, 2.45) is 4.99 Å². The number of carbonyl (C=O) groups excluding carboxylic acids is 1. The Kier molecular flexibility index (Phi) is 4.10. The number of pyridine rings is 1. The molecule has 0 unspecified atom stereocenters. The number of aromatic hydroxyl groups is 1. The predicted octanol–water partition coefficient (Wildman–Crippen LogP) is 2.06. The summed E-state index contributed by atoms with van der Waals surface area (Å²) in [5, 5.41) is 9.27. The van der Waals surface area contributed by atoms with Crippen LogP contribution in [0.2, 0.25) is 0 Å². The number of anilines is 1. The zero-order valence-corrected chi connectivity index (χ0v) is 11.1. The van der Waals surface area contributed by atoms with E-state index in [4.69, 9.17) is 5.73 Å². The van der Waals surface area contributed by atoms with Crippen molar-refractivity contribution in [2.45, 2.75) is 6.92 Å². The highest BCUT2D eigenvalue weighted by Gasteiger charge is 2.18. The fraction of sp³-hybridized carbons (Fsp3) is 0.133. The molecule has 0 saturated carbocycles. The number of nitrogen functional groups attached to an aromatic ring is 1. The lowest BCUT2D eigenvalue weighted by atomic mass is 10.0. The smallest absolute Gasteiger partial charge is 0.211 e. The molecule has 2 rings (SSSR count). The van der Waals surface area contributed by atoms with Crippen LogP contribution in [0.3, 0.4) is 0 Å². The van der Waals surface area contributed by atoms with Crippen LogP contribution >= 0.6 is 0 Å². The number of hydrogen-bond donors (Lipinski definition) is 2. The molecule has 1 heterocycles. The fourth-order valence-corrected chi connectivity index (χ4v) is 1.79. The number of rotatable bonds is 4. The van der Waals surface area contributed by atoms with Crippen molar-refractivity contribution >= 4 is 17.2 Å². The molecule has 2 aromatic rings. The topological polar surface area (TPSA) is 88.6 Å². The molecule has 0 aliphatic carbocycles. The number of nitrogens with zero attached hydrogens (tertiary/aromatic N) is 2. The third-order valence-electron chi connectivity index (χ3n) is 2.77. The lowest BCUT2D eigenvalue weighted by Gasteiger charge is -2.08. The molecule has 0 bridgehead atoms. The Hall–Kier alpha value is -2.69. The highest BCUT2D eigenvalue weighted by Crippen LogP contribution is 2.16. The van der Waals surface area contributed by atoms with E-state index in [-0.39, 0.29) is 17.2 Å². The van der Waals surface area contributed by atoms with Crippen molar-refractivity contribution in [3.8, 4) is 5.75 Å². The van der Waals surface area contributed by atoms with Crippen LogP contribution in [-0.4, -0.2) is 28.1 Å². The van der Waals surface area contributed by atoms with E-state index in [1.165, 1.54) is 18.3 Å². The highest BCUT2D eigenvalue weighted by atomic mass is 16.3. The zero-order chi connectivity index (χ0) is 14.5.